The molecule has 0 aliphatic rings. The van der Waals surface area contributed by atoms with Gasteiger partial charge in [0.25, 0.3) is 0 Å². The Morgan fingerprint density at radius 3 is 0.600 bits per heavy atom. The van der Waals surface area contributed by atoms with Gasteiger partial charge < -0.3 is 14.1 Å². The molecule has 0 radical (unpaired) electrons. The first-order chi connectivity index (χ1) is 0. The van der Waals surface area contributed by atoms with Gasteiger partial charge in [-0.25, -0.2) is 0 Å². The van der Waals surface area contributed by atoms with Crippen LogP contribution in [0.4, 0.5) is 0 Å². The van der Waals surface area contributed by atoms with Gasteiger partial charge in [0.1, 0.15) is 0 Å². The van der Waals surface area contributed by atoms with Crippen LogP contribution in [-0.2, 0) is 0 Å². The summed E-state index contributed by atoms with van der Waals surface area (Å²) in [4.78, 5) is 0. The van der Waals surface area contributed by atoms with Gasteiger partial charge in [0.2, 0.25) is 0 Å². The molecule has 0 aromatic carbocycles. The SMILES string of the molecule is [Ca+2].[F-].[F-].[F-].[Rb+]. The van der Waals surface area contributed by atoms with Gasteiger partial charge in [-0.05, 0) is 0 Å². The van der Waals surface area contributed by atoms with E-state index in [0.717, 1.165) is 0 Å². The van der Waals surface area contributed by atoms with Crippen LogP contribution in [0.2, 0.25) is 0 Å². The van der Waals surface area contributed by atoms with Gasteiger partial charge in [-0.3, -0.25) is 0 Å². The van der Waals surface area contributed by atoms with Crippen molar-refractivity contribution in [1.29, 1.82) is 0 Å². The van der Waals surface area contributed by atoms with E-state index in [1.165, 1.54) is 0 Å². The average Bonchev–Trinajstić information content (AvgIpc) is 0. The van der Waals surface area contributed by atoms with Crippen LogP contribution in [0, 0.1) is 0 Å². The van der Waals surface area contributed by atoms with Crippen LogP contribution in [0.5, 0.6) is 0 Å². The average molecular weight is 183 g/mol. The molecule has 0 bridgehead atoms. The summed E-state index contributed by atoms with van der Waals surface area (Å²) in [5, 5.41) is 0. The Hall–Kier alpha value is 2.85. The van der Waals surface area contributed by atoms with Crippen LogP contribution in [0.1, 0.15) is 0 Å². The second-order valence-corrected chi connectivity index (χ2v) is 0. The molecule has 0 rings (SSSR count). The molecule has 0 nitrogen and oxygen atoms in total. The van der Waals surface area contributed by atoms with Gasteiger partial charge in [0.05, 0.1) is 0 Å². The first kappa shape index (κ1) is 45.3. The minimum atomic E-state index is 0. The summed E-state index contributed by atoms with van der Waals surface area (Å²) in [5.74, 6) is 0. The van der Waals surface area contributed by atoms with Crippen LogP contribution in [0.3, 0.4) is 0 Å². The Balaban J connectivity index is 0. The van der Waals surface area contributed by atoms with Crippen LogP contribution in [0.15, 0.2) is 0 Å². The molecular weight excluding hydrogens is 183 g/mol. The fraction of sp³-hybridized carbons (Fsp3) is 0. The Labute approximate surface area is 107 Å². The minimum Gasteiger partial charge on any atom is -1.00 e. The van der Waals surface area contributed by atoms with E-state index in [1.807, 2.05) is 0 Å². The molecule has 0 N–H and O–H groups in total. The fourth-order valence-corrected chi connectivity index (χ4v) is 0. The van der Waals surface area contributed by atoms with Crippen molar-refractivity contribution in [2.75, 3.05) is 0 Å². The van der Waals surface area contributed by atoms with E-state index < -0.39 is 0 Å². The van der Waals surface area contributed by atoms with Crippen molar-refractivity contribution >= 4 is 37.7 Å². The van der Waals surface area contributed by atoms with E-state index in [4.69, 9.17) is 0 Å². The quantitative estimate of drug-likeness (QED) is 0.327. The van der Waals surface area contributed by atoms with Crippen LogP contribution >= 0.6 is 0 Å². The molecule has 0 aliphatic heterocycles. The number of hydrogen-bond donors (Lipinski definition) is 0. The first-order valence-corrected chi connectivity index (χ1v) is 0. The second kappa shape index (κ2) is 28.8. The normalized spacial score (nSPS) is 0. The standard InChI is InChI=1S/Ca.3FH.Rb/h;3*1H;/q+2;;;;+1/p-3. The van der Waals surface area contributed by atoms with Crippen LogP contribution < -0.4 is 72.3 Å². The molecule has 0 aromatic heterocycles. The molecule has 5 heavy (non-hydrogen) atoms. The van der Waals surface area contributed by atoms with Crippen molar-refractivity contribution in [3.63, 3.8) is 0 Å². The van der Waals surface area contributed by atoms with E-state index in [9.17, 15) is 0 Å². The summed E-state index contributed by atoms with van der Waals surface area (Å²) in [5.41, 5.74) is 0. The molecule has 0 saturated heterocycles. The van der Waals surface area contributed by atoms with Gasteiger partial charge >= 0.3 is 95.9 Å². The zero-order valence-electron chi connectivity index (χ0n) is 2.84. The van der Waals surface area contributed by atoms with Crippen LogP contribution in [0.25, 0.3) is 0 Å². The third-order valence-corrected chi connectivity index (χ3v) is 0. The zero-order chi connectivity index (χ0) is 0. The molecule has 24 valence electrons. The molecule has 0 saturated carbocycles. The summed E-state index contributed by atoms with van der Waals surface area (Å²) in [6, 6.07) is 0. The Morgan fingerprint density at radius 1 is 0.600 bits per heavy atom. The molecule has 0 amide bonds. The van der Waals surface area contributed by atoms with Crippen molar-refractivity contribution in [2.45, 2.75) is 0 Å². The Kier molecular flexibility index (Phi) is 261. The first-order valence-electron chi connectivity index (χ1n) is 0. The predicted octanol–water partition coefficient (Wildman–Crippen LogP) is -12.4. The summed E-state index contributed by atoms with van der Waals surface area (Å²) >= 11 is 0. The molecule has 0 unspecified atom stereocenters. The van der Waals surface area contributed by atoms with E-state index in [2.05, 4.69) is 0 Å². The number of hydrogen-bond acceptors (Lipinski definition) is 0. The van der Waals surface area contributed by atoms with E-state index >= 15 is 0 Å². The van der Waals surface area contributed by atoms with Gasteiger partial charge in [-0.1, -0.05) is 0 Å². The topological polar surface area (TPSA) is 0 Å². The molecule has 0 aliphatic carbocycles. The van der Waals surface area contributed by atoms with Gasteiger partial charge in [0, 0.05) is 0 Å². The summed E-state index contributed by atoms with van der Waals surface area (Å²) < 4.78 is 0. The molecule has 0 heterocycles. The van der Waals surface area contributed by atoms with Crippen molar-refractivity contribution in [1.82, 2.24) is 0 Å². The Bertz CT molecular complexity index is 6.85. The third kappa shape index (κ3) is 19.8. The number of rotatable bonds is 0. The molecule has 0 spiro atoms. The molecule has 0 fully saturated rings. The minimum absolute atomic E-state index is 0. The van der Waals surface area contributed by atoms with E-state index in [0.29, 0.717) is 0 Å². The summed E-state index contributed by atoms with van der Waals surface area (Å²) in [7, 11) is 0. The second-order valence-electron chi connectivity index (χ2n) is 0. The fourth-order valence-electron chi connectivity index (χ4n) is 0. The van der Waals surface area contributed by atoms with Crippen molar-refractivity contribution in [2.24, 2.45) is 0 Å². The number of halogens is 3. The zero-order valence-corrected chi connectivity index (χ0v) is 9.97. The molecule has 0 atom stereocenters. The predicted molar refractivity (Wildman–Crippen MR) is 5.75 cm³/mol. The smallest absolute Gasteiger partial charge is 1.00 e. The van der Waals surface area contributed by atoms with Crippen molar-refractivity contribution in [3.8, 4) is 0 Å². The Morgan fingerprint density at radius 2 is 0.600 bits per heavy atom. The molecule has 5 heteroatoms. The molecule has 0 aromatic rings. The molecular formula is CaF3Rb. The van der Waals surface area contributed by atoms with Crippen molar-refractivity contribution < 1.29 is 72.3 Å². The van der Waals surface area contributed by atoms with Gasteiger partial charge in [-0.2, -0.15) is 0 Å². The van der Waals surface area contributed by atoms with Crippen molar-refractivity contribution in [3.05, 3.63) is 0 Å². The van der Waals surface area contributed by atoms with Crippen LogP contribution in [-0.4, -0.2) is 37.7 Å². The maximum absolute atomic E-state index is 0. The van der Waals surface area contributed by atoms with Gasteiger partial charge in [-0.15, -0.1) is 0 Å². The maximum atomic E-state index is 0. The van der Waals surface area contributed by atoms with E-state index in [1.54, 1.807) is 0 Å². The third-order valence-electron chi connectivity index (χ3n) is 0. The maximum Gasteiger partial charge on any atom is 2.00 e. The monoisotopic (exact) mass is 182 g/mol. The summed E-state index contributed by atoms with van der Waals surface area (Å²) in [6.45, 7) is 0. The summed E-state index contributed by atoms with van der Waals surface area (Å²) in [6.07, 6.45) is 0. The largest absolute Gasteiger partial charge is 2.00 e. The van der Waals surface area contributed by atoms with E-state index in [-0.39, 0.29) is 110 Å². The van der Waals surface area contributed by atoms with Gasteiger partial charge in [0.15, 0.2) is 0 Å².